The molecule has 3 atom stereocenters. The van der Waals surface area contributed by atoms with Gasteiger partial charge in [-0.2, -0.15) is 0 Å². The third-order valence-corrected chi connectivity index (χ3v) is 9.71. The first kappa shape index (κ1) is 35.0. The van der Waals surface area contributed by atoms with E-state index in [0.29, 0.717) is 17.8 Å². The number of aliphatic hydroxyl groups is 1. The van der Waals surface area contributed by atoms with Crippen LogP contribution in [-0.2, 0) is 29.5 Å². The number of anilines is 1. The maximum Gasteiger partial charge on any atom is 0.319 e. The molecule has 0 spiro atoms. The lowest BCUT2D eigenvalue weighted by Crippen LogP contribution is -2.64. The number of benzene rings is 1. The maximum atomic E-state index is 14.6. The molecule has 3 fully saturated rings. The lowest BCUT2D eigenvalue weighted by Gasteiger charge is -2.37. The number of ether oxygens (including phenoxy) is 1. The van der Waals surface area contributed by atoms with Crippen molar-refractivity contribution in [1.29, 1.82) is 0 Å². The van der Waals surface area contributed by atoms with Gasteiger partial charge in [0.2, 0.25) is 17.6 Å². The van der Waals surface area contributed by atoms with Gasteiger partial charge >= 0.3 is 6.03 Å². The first-order valence-electron chi connectivity index (χ1n) is 16.7. The van der Waals surface area contributed by atoms with E-state index in [2.05, 4.69) is 26.3 Å². The van der Waals surface area contributed by atoms with Gasteiger partial charge < -0.3 is 36.4 Å². The first-order chi connectivity index (χ1) is 22.9. The van der Waals surface area contributed by atoms with Crippen LogP contribution in [0.5, 0.6) is 0 Å². The second-order valence-corrected chi connectivity index (χ2v) is 13.7. The Hall–Kier alpha value is -4.37. The summed E-state index contributed by atoms with van der Waals surface area (Å²) in [5, 5.41) is 27.4. The van der Waals surface area contributed by atoms with Crippen molar-refractivity contribution in [2.24, 2.45) is 11.7 Å². The summed E-state index contributed by atoms with van der Waals surface area (Å²) in [6.45, 7) is 3.46. The highest BCUT2D eigenvalue weighted by molar-refractivity contribution is 6.39. The molecule has 48 heavy (non-hydrogen) atoms. The quantitative estimate of drug-likeness (QED) is 0.220. The molecule has 15 nitrogen and oxygen atoms in total. The molecule has 5 rings (SSSR count). The SMILES string of the molecule is CC(C)(O)c1cnnn1C1CC(C(=O)NC2(C(=O)C(N)=O)CCOCC2)N(C(=O)[C@@H](CC2CCCCC2)NC(=O)Nc2ccccc2)C1. The number of carbonyl (C=O) groups is 5. The summed E-state index contributed by atoms with van der Waals surface area (Å²) in [7, 11) is 0. The van der Waals surface area contributed by atoms with Crippen LogP contribution in [0.15, 0.2) is 36.5 Å². The molecule has 2 unspecified atom stereocenters. The van der Waals surface area contributed by atoms with Gasteiger partial charge in [0.15, 0.2) is 0 Å². The van der Waals surface area contributed by atoms with Crippen molar-refractivity contribution in [1.82, 2.24) is 30.5 Å². The minimum Gasteiger partial charge on any atom is -0.384 e. The zero-order valence-electron chi connectivity index (χ0n) is 27.5. The fraction of sp³-hybridized carbons (Fsp3) is 0.606. The van der Waals surface area contributed by atoms with E-state index in [0.717, 1.165) is 32.1 Å². The fourth-order valence-electron chi connectivity index (χ4n) is 7.14. The van der Waals surface area contributed by atoms with Gasteiger partial charge in [0.1, 0.15) is 23.2 Å². The normalized spacial score (nSPS) is 22.0. The van der Waals surface area contributed by atoms with Crippen molar-refractivity contribution in [3.63, 3.8) is 0 Å². The smallest absolute Gasteiger partial charge is 0.319 e. The number of primary amides is 1. The summed E-state index contributed by atoms with van der Waals surface area (Å²) in [5.41, 5.74) is 3.45. The van der Waals surface area contributed by atoms with Gasteiger partial charge in [0, 0.05) is 44.7 Å². The zero-order valence-corrected chi connectivity index (χ0v) is 27.5. The number of nitrogens with two attached hydrogens (primary N) is 1. The standard InChI is InChI=1S/C33H46N8O7/c1-32(2,47)26-19-35-39-41(26)23-18-25(29(44)38-33(27(42)28(34)43)13-15-48-16-14-33)40(20-23)30(45)24(17-21-9-5-3-6-10-21)37-31(46)36-22-11-7-4-8-12-22/h4,7-8,11-12,19,21,23-25,47H,3,5-6,9-10,13-18,20H2,1-2H3,(H2,34,43)(H,38,44)(H2,36,37,46)/t23?,24-,25?/m1/s1. The van der Waals surface area contributed by atoms with Crippen molar-refractivity contribution in [3.05, 3.63) is 42.2 Å². The molecule has 1 aromatic carbocycles. The summed E-state index contributed by atoms with van der Waals surface area (Å²) in [6, 6.07) is 5.69. The highest BCUT2D eigenvalue weighted by atomic mass is 16.5. The second kappa shape index (κ2) is 14.8. The Balaban J connectivity index is 1.46. The van der Waals surface area contributed by atoms with Crippen LogP contribution in [0.3, 0.4) is 0 Å². The summed E-state index contributed by atoms with van der Waals surface area (Å²) >= 11 is 0. The molecule has 3 aliphatic rings. The number of aromatic nitrogens is 3. The number of ketones is 1. The van der Waals surface area contributed by atoms with Gasteiger partial charge in [0.05, 0.1) is 17.9 Å². The summed E-state index contributed by atoms with van der Waals surface area (Å²) in [5.74, 6) is -3.00. The van der Waals surface area contributed by atoms with Crippen LogP contribution in [0, 0.1) is 5.92 Å². The van der Waals surface area contributed by atoms with Gasteiger partial charge in [-0.1, -0.05) is 55.5 Å². The monoisotopic (exact) mass is 666 g/mol. The predicted octanol–water partition coefficient (Wildman–Crippen LogP) is 1.53. The third-order valence-electron chi connectivity index (χ3n) is 9.71. The Morgan fingerprint density at radius 1 is 1.08 bits per heavy atom. The second-order valence-electron chi connectivity index (χ2n) is 13.7. The Kier molecular flexibility index (Phi) is 10.8. The predicted molar refractivity (Wildman–Crippen MR) is 173 cm³/mol. The third kappa shape index (κ3) is 8.01. The molecule has 5 amide bonds. The summed E-state index contributed by atoms with van der Waals surface area (Å²) in [4.78, 5) is 68.5. The highest BCUT2D eigenvalue weighted by Crippen LogP contribution is 2.34. The molecule has 2 aliphatic heterocycles. The van der Waals surface area contributed by atoms with Crippen molar-refractivity contribution in [2.45, 2.75) is 101 Å². The van der Waals surface area contributed by atoms with E-state index in [9.17, 15) is 29.1 Å². The topological polar surface area (TPSA) is 211 Å². The van der Waals surface area contributed by atoms with E-state index in [-0.39, 0.29) is 44.9 Å². The molecule has 1 aliphatic carbocycles. The average molecular weight is 667 g/mol. The van der Waals surface area contributed by atoms with E-state index >= 15 is 0 Å². The van der Waals surface area contributed by atoms with Crippen molar-refractivity contribution in [3.8, 4) is 0 Å². The lowest BCUT2D eigenvalue weighted by molar-refractivity contribution is -0.147. The maximum absolute atomic E-state index is 14.6. The molecule has 0 bridgehead atoms. The molecule has 15 heteroatoms. The van der Waals surface area contributed by atoms with Gasteiger partial charge in [-0.3, -0.25) is 19.2 Å². The Bertz CT molecular complexity index is 1480. The van der Waals surface area contributed by atoms with Crippen LogP contribution >= 0.6 is 0 Å². The van der Waals surface area contributed by atoms with Crippen LogP contribution in [0.25, 0.3) is 0 Å². The molecule has 0 radical (unpaired) electrons. The summed E-state index contributed by atoms with van der Waals surface area (Å²) in [6.07, 6.45) is 7.01. The van der Waals surface area contributed by atoms with E-state index in [1.807, 2.05) is 6.07 Å². The highest BCUT2D eigenvalue weighted by Gasteiger charge is 2.49. The molecule has 2 aromatic rings. The molecule has 260 valence electrons. The zero-order chi connectivity index (χ0) is 34.5. The summed E-state index contributed by atoms with van der Waals surface area (Å²) < 4.78 is 6.92. The average Bonchev–Trinajstić information content (AvgIpc) is 3.74. The number of Topliss-reactive ketones (excluding diaryl/α,β-unsaturated/α-hetero) is 1. The fourth-order valence-corrected chi connectivity index (χ4v) is 7.14. The van der Waals surface area contributed by atoms with E-state index in [1.165, 1.54) is 15.8 Å². The number of urea groups is 1. The van der Waals surface area contributed by atoms with Gasteiger partial charge in [-0.15, -0.1) is 5.10 Å². The minimum atomic E-state index is -1.57. The lowest BCUT2D eigenvalue weighted by atomic mass is 9.84. The molecule has 1 aromatic heterocycles. The van der Waals surface area contributed by atoms with Crippen LogP contribution in [0.1, 0.15) is 83.4 Å². The van der Waals surface area contributed by atoms with Crippen LogP contribution in [0.4, 0.5) is 10.5 Å². The molecule has 2 saturated heterocycles. The number of hydrogen-bond donors (Lipinski definition) is 5. The largest absolute Gasteiger partial charge is 0.384 e. The van der Waals surface area contributed by atoms with Crippen LogP contribution in [0.2, 0.25) is 0 Å². The number of amides is 5. The number of para-hydroxylation sites is 1. The number of nitrogens with one attached hydrogen (secondary N) is 3. The first-order valence-corrected chi connectivity index (χ1v) is 16.7. The van der Waals surface area contributed by atoms with Crippen LogP contribution < -0.4 is 21.7 Å². The number of likely N-dealkylation sites (tertiary alicyclic amines) is 1. The van der Waals surface area contributed by atoms with Gasteiger partial charge in [-0.25, -0.2) is 9.48 Å². The Morgan fingerprint density at radius 2 is 1.77 bits per heavy atom. The Labute approximate surface area is 279 Å². The Morgan fingerprint density at radius 3 is 2.42 bits per heavy atom. The van der Waals surface area contributed by atoms with Crippen LogP contribution in [-0.4, -0.2) is 91.9 Å². The minimum absolute atomic E-state index is 0.0202. The molecule has 1 saturated carbocycles. The molecule has 3 heterocycles. The molecular formula is C33H46N8O7. The van der Waals surface area contributed by atoms with E-state index < -0.39 is 58.8 Å². The van der Waals surface area contributed by atoms with Crippen molar-refractivity contribution >= 4 is 35.2 Å². The molecular weight excluding hydrogens is 620 g/mol. The number of rotatable bonds is 11. The number of nitrogens with zero attached hydrogens (tertiary/aromatic N) is 4. The number of hydrogen-bond acceptors (Lipinski definition) is 9. The van der Waals surface area contributed by atoms with Crippen molar-refractivity contribution < 1.29 is 33.8 Å². The van der Waals surface area contributed by atoms with Gasteiger partial charge in [-0.05, 0) is 38.3 Å². The molecule has 6 N–H and O–H groups in total. The van der Waals surface area contributed by atoms with Crippen molar-refractivity contribution in [2.75, 3.05) is 25.1 Å². The van der Waals surface area contributed by atoms with E-state index in [4.69, 9.17) is 10.5 Å². The van der Waals surface area contributed by atoms with E-state index in [1.54, 1.807) is 38.1 Å². The number of carbonyl (C=O) groups excluding carboxylic acids is 5. The van der Waals surface area contributed by atoms with Gasteiger partial charge in [0.25, 0.3) is 5.91 Å².